The van der Waals surface area contributed by atoms with Crippen LogP contribution in [0.2, 0.25) is 0 Å². The van der Waals surface area contributed by atoms with Gasteiger partial charge in [-0.1, -0.05) is 6.07 Å². The largest absolute Gasteiger partial charge is 0.484 e. The summed E-state index contributed by atoms with van der Waals surface area (Å²) >= 11 is 0. The average molecular weight is 259 g/mol. The van der Waals surface area contributed by atoms with E-state index in [4.69, 9.17) is 9.26 Å². The van der Waals surface area contributed by atoms with E-state index in [0.29, 0.717) is 18.4 Å². The SMILES string of the molecule is CN(C)c1noc(COc2ccc3c(c2)CCC3)n1. The highest BCUT2D eigenvalue weighted by atomic mass is 16.5. The van der Waals surface area contributed by atoms with Crippen molar-refractivity contribution in [3.63, 3.8) is 0 Å². The lowest BCUT2D eigenvalue weighted by Gasteiger charge is -2.06. The van der Waals surface area contributed by atoms with Crippen LogP contribution in [0.3, 0.4) is 0 Å². The molecule has 0 amide bonds. The number of fused-ring (bicyclic) bond motifs is 1. The third-order valence-corrected chi connectivity index (χ3v) is 3.29. The molecular weight excluding hydrogens is 242 g/mol. The highest BCUT2D eigenvalue weighted by Crippen LogP contribution is 2.26. The van der Waals surface area contributed by atoms with Crippen molar-refractivity contribution in [1.82, 2.24) is 10.1 Å². The molecule has 5 nitrogen and oxygen atoms in total. The van der Waals surface area contributed by atoms with Crippen LogP contribution < -0.4 is 9.64 Å². The molecule has 0 saturated carbocycles. The highest BCUT2D eigenvalue weighted by molar-refractivity contribution is 5.38. The molecule has 0 spiro atoms. The van der Waals surface area contributed by atoms with Crippen LogP contribution in [0.4, 0.5) is 5.95 Å². The molecule has 1 aliphatic carbocycles. The number of rotatable bonds is 4. The number of ether oxygens (including phenoxy) is 1. The van der Waals surface area contributed by atoms with E-state index in [-0.39, 0.29) is 0 Å². The maximum atomic E-state index is 5.70. The van der Waals surface area contributed by atoms with Crippen molar-refractivity contribution in [2.24, 2.45) is 0 Å². The van der Waals surface area contributed by atoms with Crippen LogP contribution in [0.25, 0.3) is 0 Å². The zero-order valence-corrected chi connectivity index (χ0v) is 11.2. The Morgan fingerprint density at radius 3 is 2.89 bits per heavy atom. The third-order valence-electron chi connectivity index (χ3n) is 3.29. The van der Waals surface area contributed by atoms with Gasteiger partial charge in [-0.3, -0.25) is 0 Å². The van der Waals surface area contributed by atoms with Crippen LogP contribution in [0, 0.1) is 0 Å². The summed E-state index contributed by atoms with van der Waals surface area (Å²) in [5.74, 6) is 1.92. The van der Waals surface area contributed by atoms with Crippen LogP contribution in [-0.4, -0.2) is 24.2 Å². The zero-order valence-electron chi connectivity index (χ0n) is 11.2. The Hall–Kier alpha value is -2.04. The van der Waals surface area contributed by atoms with Gasteiger partial charge < -0.3 is 14.2 Å². The van der Waals surface area contributed by atoms with Gasteiger partial charge in [-0.05, 0) is 47.7 Å². The summed E-state index contributed by atoms with van der Waals surface area (Å²) in [7, 11) is 3.74. The second kappa shape index (κ2) is 4.91. The maximum absolute atomic E-state index is 5.70. The molecular formula is C14H17N3O2. The van der Waals surface area contributed by atoms with E-state index in [1.807, 2.05) is 20.2 Å². The second-order valence-corrected chi connectivity index (χ2v) is 4.96. The summed E-state index contributed by atoms with van der Waals surface area (Å²) < 4.78 is 10.8. The lowest BCUT2D eigenvalue weighted by molar-refractivity contribution is 0.243. The molecule has 0 atom stereocenters. The predicted octanol–water partition coefficient (Wildman–Crippen LogP) is 2.20. The summed E-state index contributed by atoms with van der Waals surface area (Å²) in [6, 6.07) is 6.27. The number of nitrogens with zero attached hydrogens (tertiary/aromatic N) is 3. The van der Waals surface area contributed by atoms with E-state index >= 15 is 0 Å². The molecule has 3 rings (SSSR count). The summed E-state index contributed by atoms with van der Waals surface area (Å²) in [5.41, 5.74) is 2.84. The molecule has 1 aromatic heterocycles. The van der Waals surface area contributed by atoms with Gasteiger partial charge >= 0.3 is 0 Å². The summed E-state index contributed by atoms with van der Waals surface area (Å²) in [6.45, 7) is 0.305. The quantitative estimate of drug-likeness (QED) is 0.842. The molecule has 0 fully saturated rings. The minimum Gasteiger partial charge on any atom is -0.484 e. The van der Waals surface area contributed by atoms with Gasteiger partial charge in [0.2, 0.25) is 0 Å². The van der Waals surface area contributed by atoms with Crippen LogP contribution in [0.5, 0.6) is 5.75 Å². The smallest absolute Gasteiger partial charge is 0.266 e. The van der Waals surface area contributed by atoms with Gasteiger partial charge in [-0.25, -0.2) is 0 Å². The molecule has 0 N–H and O–H groups in total. The minimum atomic E-state index is 0.305. The predicted molar refractivity (Wildman–Crippen MR) is 71.4 cm³/mol. The first-order chi connectivity index (χ1) is 9.22. The van der Waals surface area contributed by atoms with Gasteiger partial charge in [0.05, 0.1) is 0 Å². The molecule has 0 aliphatic heterocycles. The lowest BCUT2D eigenvalue weighted by atomic mass is 10.1. The number of hydrogen-bond donors (Lipinski definition) is 0. The van der Waals surface area contributed by atoms with Crippen molar-refractivity contribution >= 4 is 5.95 Å². The second-order valence-electron chi connectivity index (χ2n) is 4.96. The first-order valence-electron chi connectivity index (χ1n) is 6.47. The maximum Gasteiger partial charge on any atom is 0.266 e. The topological polar surface area (TPSA) is 51.4 Å². The molecule has 1 aliphatic rings. The number of aryl methyl sites for hydroxylation is 2. The molecule has 100 valence electrons. The van der Waals surface area contributed by atoms with Crippen LogP contribution in [0.15, 0.2) is 22.7 Å². The first-order valence-corrected chi connectivity index (χ1v) is 6.47. The molecule has 0 bridgehead atoms. The molecule has 1 heterocycles. The summed E-state index contributed by atoms with van der Waals surface area (Å²) in [6.07, 6.45) is 3.58. The fourth-order valence-corrected chi connectivity index (χ4v) is 2.27. The Bertz CT molecular complexity index is 578. The number of benzene rings is 1. The van der Waals surface area contributed by atoms with Crippen molar-refractivity contribution in [3.8, 4) is 5.75 Å². The van der Waals surface area contributed by atoms with E-state index in [9.17, 15) is 0 Å². The van der Waals surface area contributed by atoms with Crippen molar-refractivity contribution in [2.75, 3.05) is 19.0 Å². The third kappa shape index (κ3) is 2.54. The molecule has 2 aromatic rings. The van der Waals surface area contributed by atoms with Crippen LogP contribution in [0.1, 0.15) is 23.4 Å². The van der Waals surface area contributed by atoms with Gasteiger partial charge in [0.1, 0.15) is 5.75 Å². The number of aromatic nitrogens is 2. The fraction of sp³-hybridized carbons (Fsp3) is 0.429. The molecule has 0 radical (unpaired) electrons. The highest BCUT2D eigenvalue weighted by Gasteiger charge is 2.12. The number of anilines is 1. The first kappa shape index (κ1) is 12.0. The van der Waals surface area contributed by atoms with E-state index in [1.54, 1.807) is 4.90 Å². The molecule has 0 saturated heterocycles. The monoisotopic (exact) mass is 259 g/mol. The zero-order chi connectivity index (χ0) is 13.2. The van der Waals surface area contributed by atoms with Gasteiger partial charge in [0.15, 0.2) is 6.61 Å². The fourth-order valence-electron chi connectivity index (χ4n) is 2.27. The van der Waals surface area contributed by atoms with Gasteiger partial charge in [-0.15, -0.1) is 0 Å². The summed E-state index contributed by atoms with van der Waals surface area (Å²) in [4.78, 5) is 6.01. The Labute approximate surface area is 112 Å². The van der Waals surface area contributed by atoms with Gasteiger partial charge in [0, 0.05) is 14.1 Å². The Balaban J connectivity index is 1.65. The van der Waals surface area contributed by atoms with Crippen molar-refractivity contribution in [2.45, 2.75) is 25.9 Å². The van der Waals surface area contributed by atoms with E-state index in [1.165, 1.54) is 24.0 Å². The molecule has 19 heavy (non-hydrogen) atoms. The molecule has 0 unspecified atom stereocenters. The number of hydrogen-bond acceptors (Lipinski definition) is 5. The Kier molecular flexibility index (Phi) is 3.11. The van der Waals surface area contributed by atoms with Gasteiger partial charge in [0.25, 0.3) is 11.8 Å². The standard InChI is InChI=1S/C14H17N3O2/c1-17(2)14-15-13(19-16-14)9-18-12-7-6-10-4-3-5-11(10)8-12/h6-8H,3-5,9H2,1-2H3. The summed E-state index contributed by atoms with van der Waals surface area (Å²) in [5, 5.41) is 3.85. The average Bonchev–Trinajstić information content (AvgIpc) is 3.04. The van der Waals surface area contributed by atoms with Crippen molar-refractivity contribution < 1.29 is 9.26 Å². The van der Waals surface area contributed by atoms with E-state index in [2.05, 4.69) is 22.3 Å². The lowest BCUT2D eigenvalue weighted by Crippen LogP contribution is -2.10. The van der Waals surface area contributed by atoms with E-state index < -0.39 is 0 Å². The van der Waals surface area contributed by atoms with Crippen LogP contribution >= 0.6 is 0 Å². The van der Waals surface area contributed by atoms with Crippen molar-refractivity contribution in [3.05, 3.63) is 35.2 Å². The molecule has 5 heteroatoms. The minimum absolute atomic E-state index is 0.305. The molecule has 1 aromatic carbocycles. The Morgan fingerprint density at radius 1 is 1.26 bits per heavy atom. The van der Waals surface area contributed by atoms with Crippen molar-refractivity contribution in [1.29, 1.82) is 0 Å². The van der Waals surface area contributed by atoms with Crippen LogP contribution in [-0.2, 0) is 19.4 Å². The normalized spacial score (nSPS) is 13.4. The van der Waals surface area contributed by atoms with Gasteiger partial charge in [-0.2, -0.15) is 4.98 Å². The van der Waals surface area contributed by atoms with E-state index in [0.717, 1.165) is 12.2 Å². The Morgan fingerprint density at radius 2 is 2.11 bits per heavy atom.